The van der Waals surface area contributed by atoms with E-state index < -0.39 is 0 Å². The van der Waals surface area contributed by atoms with Crippen LogP contribution in [0.5, 0.6) is 0 Å². The Bertz CT molecular complexity index is 335. The Labute approximate surface area is 113 Å². The zero-order chi connectivity index (χ0) is 13.4. The first kappa shape index (κ1) is 15.1. The smallest absolute Gasteiger partial charge is 0.101 e. The summed E-state index contributed by atoms with van der Waals surface area (Å²) in [6.07, 6.45) is 1.87. The fourth-order valence-corrected chi connectivity index (χ4v) is 2.11. The predicted molar refractivity (Wildman–Crippen MR) is 75.6 cm³/mol. The first-order valence-corrected chi connectivity index (χ1v) is 6.26. The number of ether oxygens (including phenoxy) is 2. The van der Waals surface area contributed by atoms with Crippen molar-refractivity contribution in [2.75, 3.05) is 40.5 Å². The number of methoxy groups -OCH3 is 2. The molecule has 1 rings (SSSR count). The van der Waals surface area contributed by atoms with Gasteiger partial charge >= 0.3 is 0 Å². The van der Waals surface area contributed by atoms with E-state index in [9.17, 15) is 0 Å². The molecule has 102 valence electrons. The number of nitrogens with two attached hydrogens (primary N) is 1. The maximum Gasteiger partial charge on any atom is 0.101 e. The number of rotatable bonds is 9. The first-order valence-electron chi connectivity index (χ1n) is 5.85. The Balaban J connectivity index is 2.79. The van der Waals surface area contributed by atoms with Crippen LogP contribution in [0.25, 0.3) is 0 Å². The number of thiocarbonyl (C=S) groups is 1. The summed E-state index contributed by atoms with van der Waals surface area (Å²) in [6, 6.07) is 3.81. The Morgan fingerprint density at radius 2 is 2.00 bits per heavy atom. The molecule has 0 aliphatic heterocycles. The summed E-state index contributed by atoms with van der Waals surface area (Å²) in [7, 11) is 3.36. The molecule has 0 bridgehead atoms. The minimum absolute atomic E-state index is 0.111. The van der Waals surface area contributed by atoms with E-state index in [-0.39, 0.29) is 6.04 Å². The van der Waals surface area contributed by atoms with Gasteiger partial charge in [0.2, 0.25) is 0 Å². The van der Waals surface area contributed by atoms with Gasteiger partial charge in [0.05, 0.1) is 18.2 Å². The molecule has 1 aromatic rings. The van der Waals surface area contributed by atoms with Crippen molar-refractivity contribution in [3.05, 3.63) is 24.0 Å². The van der Waals surface area contributed by atoms with Crippen LogP contribution >= 0.6 is 12.2 Å². The molecule has 1 atom stereocenters. The van der Waals surface area contributed by atoms with E-state index in [4.69, 9.17) is 27.4 Å². The molecule has 1 aromatic heterocycles. The summed E-state index contributed by atoms with van der Waals surface area (Å²) in [5.41, 5.74) is 6.86. The molecule has 0 saturated heterocycles. The second-order valence-electron chi connectivity index (χ2n) is 3.95. The number of H-pyrrole nitrogens is 1. The molecular formula is C12H21N3O2S. The summed E-state index contributed by atoms with van der Waals surface area (Å²) in [4.78, 5) is 5.76. The lowest BCUT2D eigenvalue weighted by Crippen LogP contribution is -2.40. The van der Waals surface area contributed by atoms with E-state index in [1.807, 2.05) is 18.3 Å². The van der Waals surface area contributed by atoms with Gasteiger partial charge in [-0.25, -0.2) is 0 Å². The highest BCUT2D eigenvalue weighted by Crippen LogP contribution is 2.19. The molecule has 5 nitrogen and oxygen atoms in total. The van der Waals surface area contributed by atoms with Crippen LogP contribution in [0.4, 0.5) is 0 Å². The lowest BCUT2D eigenvalue weighted by Gasteiger charge is -2.30. The molecule has 18 heavy (non-hydrogen) atoms. The average molecular weight is 271 g/mol. The van der Waals surface area contributed by atoms with Crippen LogP contribution in [-0.4, -0.2) is 55.4 Å². The van der Waals surface area contributed by atoms with Crippen molar-refractivity contribution in [2.45, 2.75) is 6.04 Å². The van der Waals surface area contributed by atoms with Crippen molar-refractivity contribution in [1.29, 1.82) is 0 Å². The number of nitrogens with zero attached hydrogens (tertiary/aromatic N) is 1. The normalized spacial score (nSPS) is 12.8. The van der Waals surface area contributed by atoms with Gasteiger partial charge in [-0.2, -0.15) is 0 Å². The third-order valence-electron chi connectivity index (χ3n) is 2.72. The lowest BCUT2D eigenvalue weighted by atomic mass is 10.1. The fraction of sp³-hybridized carbons (Fsp3) is 0.583. The van der Waals surface area contributed by atoms with Crippen LogP contribution in [0.15, 0.2) is 18.3 Å². The summed E-state index contributed by atoms with van der Waals surface area (Å²) in [5.74, 6) is 0. The highest BCUT2D eigenvalue weighted by molar-refractivity contribution is 7.80. The summed E-state index contributed by atoms with van der Waals surface area (Å²) in [5, 5.41) is 0. The van der Waals surface area contributed by atoms with Crippen LogP contribution in [0.2, 0.25) is 0 Å². The van der Waals surface area contributed by atoms with Gasteiger partial charge in [-0.05, 0) is 12.1 Å². The number of hydrogen-bond acceptors (Lipinski definition) is 4. The summed E-state index contributed by atoms with van der Waals surface area (Å²) in [6.45, 7) is 2.76. The zero-order valence-corrected chi connectivity index (χ0v) is 11.7. The molecule has 0 aliphatic rings. The third kappa shape index (κ3) is 4.38. The number of hydrogen-bond donors (Lipinski definition) is 2. The van der Waals surface area contributed by atoms with Crippen LogP contribution in [0.3, 0.4) is 0 Å². The largest absolute Gasteiger partial charge is 0.392 e. The van der Waals surface area contributed by atoms with Crippen molar-refractivity contribution >= 4 is 17.2 Å². The molecule has 0 saturated carbocycles. The second kappa shape index (κ2) is 8.20. The molecule has 0 aromatic carbocycles. The van der Waals surface area contributed by atoms with E-state index >= 15 is 0 Å². The summed E-state index contributed by atoms with van der Waals surface area (Å²) >= 11 is 5.18. The topological polar surface area (TPSA) is 63.5 Å². The lowest BCUT2D eigenvalue weighted by molar-refractivity contribution is 0.103. The number of aromatic amines is 1. The average Bonchev–Trinajstić information content (AvgIpc) is 2.85. The van der Waals surface area contributed by atoms with E-state index in [0.29, 0.717) is 18.2 Å². The standard InChI is InChI=1S/C12H21N3O2S/c1-16-8-6-15(7-9-17-2)11(12(13)18)10-4-3-5-14-10/h3-5,11,14H,6-9H2,1-2H3,(H2,13,18). The van der Waals surface area contributed by atoms with Gasteiger partial charge in [-0.15, -0.1) is 0 Å². The number of aromatic nitrogens is 1. The minimum Gasteiger partial charge on any atom is -0.392 e. The Kier molecular flexibility index (Phi) is 6.89. The Morgan fingerprint density at radius 1 is 1.39 bits per heavy atom. The first-order chi connectivity index (χ1) is 8.70. The van der Waals surface area contributed by atoms with Crippen molar-refractivity contribution in [2.24, 2.45) is 5.73 Å². The molecule has 6 heteroatoms. The maximum atomic E-state index is 5.86. The quantitative estimate of drug-likeness (QED) is 0.654. The van der Waals surface area contributed by atoms with Gasteiger partial charge in [-0.1, -0.05) is 12.2 Å². The molecule has 0 spiro atoms. The van der Waals surface area contributed by atoms with Gasteiger partial charge in [0.25, 0.3) is 0 Å². The van der Waals surface area contributed by atoms with Crippen molar-refractivity contribution in [3.8, 4) is 0 Å². The van der Waals surface area contributed by atoms with Crippen LogP contribution in [0, 0.1) is 0 Å². The molecular weight excluding hydrogens is 250 g/mol. The van der Waals surface area contributed by atoms with Gasteiger partial charge < -0.3 is 20.2 Å². The van der Waals surface area contributed by atoms with Gasteiger partial charge in [0.15, 0.2) is 0 Å². The van der Waals surface area contributed by atoms with Gasteiger partial charge in [0.1, 0.15) is 6.04 Å². The van der Waals surface area contributed by atoms with E-state index in [1.165, 1.54) is 0 Å². The van der Waals surface area contributed by atoms with Gasteiger partial charge in [-0.3, -0.25) is 4.90 Å². The molecule has 1 unspecified atom stereocenters. The second-order valence-corrected chi connectivity index (χ2v) is 4.42. The molecule has 0 aliphatic carbocycles. The minimum atomic E-state index is -0.111. The molecule has 1 heterocycles. The van der Waals surface area contributed by atoms with E-state index in [2.05, 4.69) is 9.88 Å². The van der Waals surface area contributed by atoms with Crippen molar-refractivity contribution in [1.82, 2.24) is 9.88 Å². The third-order valence-corrected chi connectivity index (χ3v) is 2.94. The van der Waals surface area contributed by atoms with Crippen molar-refractivity contribution < 1.29 is 9.47 Å². The summed E-state index contributed by atoms with van der Waals surface area (Å²) < 4.78 is 10.2. The Hall–Kier alpha value is -0.950. The van der Waals surface area contributed by atoms with Crippen molar-refractivity contribution in [3.63, 3.8) is 0 Å². The van der Waals surface area contributed by atoms with Crippen LogP contribution in [0.1, 0.15) is 11.7 Å². The van der Waals surface area contributed by atoms with Crippen LogP contribution < -0.4 is 5.73 Å². The fourth-order valence-electron chi connectivity index (χ4n) is 1.83. The monoisotopic (exact) mass is 271 g/mol. The highest BCUT2D eigenvalue weighted by Gasteiger charge is 2.23. The SMILES string of the molecule is COCCN(CCOC)C(C(N)=S)c1ccc[nH]1. The van der Waals surface area contributed by atoms with E-state index in [1.54, 1.807) is 14.2 Å². The van der Waals surface area contributed by atoms with Gasteiger partial charge in [0, 0.05) is 39.2 Å². The molecule has 3 N–H and O–H groups in total. The maximum absolute atomic E-state index is 5.86. The molecule has 0 fully saturated rings. The van der Waals surface area contributed by atoms with E-state index in [0.717, 1.165) is 18.8 Å². The molecule has 0 radical (unpaired) electrons. The molecule has 0 amide bonds. The predicted octanol–water partition coefficient (Wildman–Crippen LogP) is 0.937. The van der Waals surface area contributed by atoms with Crippen LogP contribution in [-0.2, 0) is 9.47 Å². The highest BCUT2D eigenvalue weighted by atomic mass is 32.1. The zero-order valence-electron chi connectivity index (χ0n) is 10.9. The Morgan fingerprint density at radius 3 is 2.39 bits per heavy atom. The number of nitrogens with one attached hydrogen (secondary N) is 1.